The third kappa shape index (κ3) is 5.03. The van der Waals surface area contributed by atoms with Crippen molar-refractivity contribution in [3.05, 3.63) is 70.8 Å². The molecule has 0 aliphatic rings. The van der Waals surface area contributed by atoms with Crippen LogP contribution in [0, 0.1) is 0 Å². The van der Waals surface area contributed by atoms with Gasteiger partial charge in [0.05, 0.1) is 6.20 Å². The molecule has 0 spiro atoms. The van der Waals surface area contributed by atoms with Crippen LogP contribution < -0.4 is 10.6 Å². The van der Waals surface area contributed by atoms with Crippen molar-refractivity contribution in [3.8, 4) is 0 Å². The molecular weight excluding hydrogens is 366 g/mol. The van der Waals surface area contributed by atoms with E-state index in [1.54, 1.807) is 6.20 Å². The Balaban J connectivity index is 1.50. The van der Waals surface area contributed by atoms with Gasteiger partial charge in [0.25, 0.3) is 0 Å². The Bertz CT molecular complexity index is 762. The summed E-state index contributed by atoms with van der Waals surface area (Å²) in [6.45, 7) is 0.839. The van der Waals surface area contributed by atoms with Crippen molar-refractivity contribution in [2.75, 3.05) is 17.2 Å². The summed E-state index contributed by atoms with van der Waals surface area (Å²) < 4.78 is 1.03. The van der Waals surface area contributed by atoms with E-state index in [9.17, 15) is 0 Å². The maximum absolute atomic E-state index is 4.43. The molecule has 122 valence electrons. The maximum atomic E-state index is 4.43. The fourth-order valence-corrected chi connectivity index (χ4v) is 2.52. The molecule has 0 amide bonds. The van der Waals surface area contributed by atoms with E-state index >= 15 is 0 Å². The van der Waals surface area contributed by atoms with E-state index in [1.807, 2.05) is 30.3 Å². The van der Waals surface area contributed by atoms with Gasteiger partial charge in [-0.05, 0) is 42.7 Å². The van der Waals surface area contributed by atoms with Crippen LogP contribution in [0.15, 0.2) is 65.3 Å². The molecule has 0 fully saturated rings. The van der Waals surface area contributed by atoms with Crippen molar-refractivity contribution in [2.45, 2.75) is 12.8 Å². The normalized spacial score (nSPS) is 10.4. The van der Waals surface area contributed by atoms with Crippen LogP contribution in [-0.2, 0) is 6.42 Å². The number of halogens is 1. The van der Waals surface area contributed by atoms with Crippen LogP contribution in [0.25, 0.3) is 0 Å². The lowest BCUT2D eigenvalue weighted by Gasteiger charge is -2.08. The smallest absolute Gasteiger partial charge is 0.249 e. The Hall–Kier alpha value is -2.47. The molecule has 0 aliphatic carbocycles. The standard InChI is InChI=1S/C18H18BrN5/c19-15-8-10-16(11-9-15)22-18-23-17(13-21-24-18)20-12-4-7-14-5-2-1-3-6-14/h1-3,5-6,8-11,13H,4,7,12H2,(H2,20,22,23,24). The van der Waals surface area contributed by atoms with Gasteiger partial charge in [0.1, 0.15) is 0 Å². The Labute approximate surface area is 149 Å². The average Bonchev–Trinajstić information content (AvgIpc) is 2.62. The van der Waals surface area contributed by atoms with E-state index in [0.29, 0.717) is 5.95 Å². The zero-order valence-electron chi connectivity index (χ0n) is 13.1. The molecule has 5 nitrogen and oxygen atoms in total. The quantitative estimate of drug-likeness (QED) is 0.591. The molecule has 24 heavy (non-hydrogen) atoms. The highest BCUT2D eigenvalue weighted by atomic mass is 79.9. The van der Waals surface area contributed by atoms with Crippen LogP contribution >= 0.6 is 15.9 Å². The number of aromatic nitrogens is 3. The molecule has 0 saturated heterocycles. The number of hydrogen-bond donors (Lipinski definition) is 2. The zero-order valence-corrected chi connectivity index (χ0v) is 14.7. The number of anilines is 3. The van der Waals surface area contributed by atoms with Gasteiger partial charge < -0.3 is 10.6 Å². The minimum absolute atomic E-state index is 0.477. The Kier molecular flexibility index (Phi) is 5.74. The van der Waals surface area contributed by atoms with Crippen molar-refractivity contribution in [2.24, 2.45) is 0 Å². The van der Waals surface area contributed by atoms with Gasteiger partial charge in [0.15, 0.2) is 5.82 Å². The molecule has 2 N–H and O–H groups in total. The molecule has 0 saturated carbocycles. The largest absolute Gasteiger partial charge is 0.369 e. The van der Waals surface area contributed by atoms with Crippen LogP contribution in [0.2, 0.25) is 0 Å². The fraction of sp³-hybridized carbons (Fsp3) is 0.167. The lowest BCUT2D eigenvalue weighted by Crippen LogP contribution is -2.07. The number of benzene rings is 2. The molecule has 2 aromatic carbocycles. The minimum Gasteiger partial charge on any atom is -0.369 e. The summed E-state index contributed by atoms with van der Waals surface area (Å²) >= 11 is 3.41. The van der Waals surface area contributed by atoms with Crippen molar-refractivity contribution in [1.29, 1.82) is 0 Å². The van der Waals surface area contributed by atoms with E-state index in [0.717, 1.165) is 35.4 Å². The van der Waals surface area contributed by atoms with E-state index in [4.69, 9.17) is 0 Å². The number of hydrogen-bond acceptors (Lipinski definition) is 5. The van der Waals surface area contributed by atoms with Crippen LogP contribution in [0.5, 0.6) is 0 Å². The lowest BCUT2D eigenvalue weighted by atomic mass is 10.1. The third-order valence-corrected chi connectivity index (χ3v) is 3.98. The second-order valence-corrected chi connectivity index (χ2v) is 6.23. The fourth-order valence-electron chi connectivity index (χ4n) is 2.26. The van der Waals surface area contributed by atoms with Crippen LogP contribution in [0.1, 0.15) is 12.0 Å². The Morgan fingerprint density at radius 3 is 2.54 bits per heavy atom. The summed E-state index contributed by atoms with van der Waals surface area (Å²) in [5, 5.41) is 14.4. The summed E-state index contributed by atoms with van der Waals surface area (Å²) in [6.07, 6.45) is 3.70. The molecule has 6 heteroatoms. The molecule has 1 heterocycles. The van der Waals surface area contributed by atoms with Crippen LogP contribution in [0.3, 0.4) is 0 Å². The van der Waals surface area contributed by atoms with Gasteiger partial charge in [-0.1, -0.05) is 46.3 Å². The molecule has 1 aromatic heterocycles. The second kappa shape index (κ2) is 8.40. The summed E-state index contributed by atoms with van der Waals surface area (Å²) in [4.78, 5) is 4.43. The number of nitrogens with one attached hydrogen (secondary N) is 2. The minimum atomic E-state index is 0.477. The highest BCUT2D eigenvalue weighted by molar-refractivity contribution is 9.10. The van der Waals surface area contributed by atoms with Crippen molar-refractivity contribution >= 4 is 33.4 Å². The van der Waals surface area contributed by atoms with E-state index in [-0.39, 0.29) is 0 Å². The van der Waals surface area contributed by atoms with E-state index < -0.39 is 0 Å². The molecule has 0 atom stereocenters. The Morgan fingerprint density at radius 2 is 1.75 bits per heavy atom. The summed E-state index contributed by atoms with van der Waals surface area (Å²) in [5.74, 6) is 1.20. The maximum Gasteiger partial charge on any atom is 0.249 e. The molecular formula is C18H18BrN5. The van der Waals surface area contributed by atoms with Gasteiger partial charge in [-0.3, -0.25) is 0 Å². The predicted octanol–water partition coefficient (Wildman–Crippen LogP) is 4.42. The summed E-state index contributed by atoms with van der Waals surface area (Å²) in [6, 6.07) is 18.3. The van der Waals surface area contributed by atoms with Crippen molar-refractivity contribution in [3.63, 3.8) is 0 Å². The number of nitrogens with zero attached hydrogens (tertiary/aromatic N) is 3. The Morgan fingerprint density at radius 1 is 0.958 bits per heavy atom. The topological polar surface area (TPSA) is 62.7 Å². The van der Waals surface area contributed by atoms with Crippen molar-refractivity contribution < 1.29 is 0 Å². The van der Waals surface area contributed by atoms with Gasteiger partial charge in [-0.15, -0.1) is 5.10 Å². The number of rotatable bonds is 7. The van der Waals surface area contributed by atoms with Gasteiger partial charge >= 0.3 is 0 Å². The molecule has 0 radical (unpaired) electrons. The first-order chi connectivity index (χ1) is 11.8. The van der Waals surface area contributed by atoms with Gasteiger partial charge in [-0.2, -0.15) is 10.1 Å². The van der Waals surface area contributed by atoms with Crippen LogP contribution in [0.4, 0.5) is 17.5 Å². The molecule has 0 aliphatic heterocycles. The van der Waals surface area contributed by atoms with Crippen LogP contribution in [-0.4, -0.2) is 21.7 Å². The van der Waals surface area contributed by atoms with Gasteiger partial charge in [0.2, 0.25) is 5.95 Å². The molecule has 3 aromatic rings. The highest BCUT2D eigenvalue weighted by Gasteiger charge is 2.01. The third-order valence-electron chi connectivity index (χ3n) is 3.45. The number of aryl methyl sites for hydroxylation is 1. The monoisotopic (exact) mass is 383 g/mol. The average molecular weight is 384 g/mol. The lowest BCUT2D eigenvalue weighted by molar-refractivity contribution is 0.853. The summed E-state index contributed by atoms with van der Waals surface area (Å²) in [5.41, 5.74) is 2.26. The first kappa shape index (κ1) is 16.4. The first-order valence-electron chi connectivity index (χ1n) is 7.80. The zero-order chi connectivity index (χ0) is 16.6. The van der Waals surface area contributed by atoms with E-state index in [2.05, 4.69) is 66.0 Å². The van der Waals surface area contributed by atoms with Gasteiger partial charge in [-0.25, -0.2) is 0 Å². The highest BCUT2D eigenvalue weighted by Crippen LogP contribution is 2.17. The SMILES string of the molecule is Brc1ccc(Nc2nncc(NCCCc3ccccc3)n2)cc1. The predicted molar refractivity (Wildman–Crippen MR) is 101 cm³/mol. The van der Waals surface area contributed by atoms with Gasteiger partial charge in [0, 0.05) is 16.7 Å². The van der Waals surface area contributed by atoms with Crippen molar-refractivity contribution in [1.82, 2.24) is 15.2 Å². The van der Waals surface area contributed by atoms with E-state index in [1.165, 1.54) is 5.56 Å². The molecule has 0 bridgehead atoms. The molecule has 3 rings (SSSR count). The first-order valence-corrected chi connectivity index (χ1v) is 8.59. The second-order valence-electron chi connectivity index (χ2n) is 5.31. The molecule has 0 unspecified atom stereocenters. The summed E-state index contributed by atoms with van der Waals surface area (Å²) in [7, 11) is 0.